The second-order valence-electron chi connectivity index (χ2n) is 5.67. The fraction of sp³-hybridized carbons (Fsp3) is 0.938. The molecular formula is C16H32O3. The van der Waals surface area contributed by atoms with Gasteiger partial charge in [0.1, 0.15) is 5.60 Å². The average Bonchev–Trinajstić information content (AvgIpc) is 2.36. The van der Waals surface area contributed by atoms with E-state index in [-0.39, 0.29) is 24.6 Å². The maximum atomic E-state index is 11.6. The summed E-state index contributed by atoms with van der Waals surface area (Å²) < 4.78 is 5.59. The minimum absolute atomic E-state index is 0.109. The summed E-state index contributed by atoms with van der Waals surface area (Å²) in [6.45, 7) is 6.27. The molecule has 0 aliphatic carbocycles. The van der Waals surface area contributed by atoms with Crippen LogP contribution >= 0.6 is 0 Å². The molecule has 1 unspecified atom stereocenters. The molecular weight excluding hydrogens is 240 g/mol. The SMILES string of the molecule is CCCCCCCC(C)(CCCC)OC(=O)CCO. The van der Waals surface area contributed by atoms with Crippen LogP contribution in [0.25, 0.3) is 0 Å². The van der Waals surface area contributed by atoms with Gasteiger partial charge in [0.15, 0.2) is 0 Å². The Labute approximate surface area is 118 Å². The third kappa shape index (κ3) is 9.94. The highest BCUT2D eigenvalue weighted by molar-refractivity contribution is 5.69. The van der Waals surface area contributed by atoms with Crippen LogP contribution in [0.1, 0.15) is 85.0 Å². The largest absolute Gasteiger partial charge is 0.459 e. The van der Waals surface area contributed by atoms with Gasteiger partial charge in [0.2, 0.25) is 0 Å². The third-order valence-corrected chi connectivity index (χ3v) is 3.54. The van der Waals surface area contributed by atoms with E-state index in [0.29, 0.717) is 0 Å². The monoisotopic (exact) mass is 272 g/mol. The molecule has 0 saturated carbocycles. The number of aliphatic hydroxyl groups is 1. The number of ether oxygens (including phenoxy) is 1. The first-order chi connectivity index (χ1) is 9.08. The van der Waals surface area contributed by atoms with Crippen molar-refractivity contribution in [2.45, 2.75) is 90.6 Å². The molecule has 0 fully saturated rings. The number of carbonyl (C=O) groups is 1. The van der Waals surface area contributed by atoms with Gasteiger partial charge in [-0.2, -0.15) is 0 Å². The fourth-order valence-corrected chi connectivity index (χ4v) is 2.30. The Balaban J connectivity index is 4.13. The Kier molecular flexibility index (Phi) is 10.9. The highest BCUT2D eigenvalue weighted by Crippen LogP contribution is 2.26. The van der Waals surface area contributed by atoms with E-state index in [1.165, 1.54) is 25.7 Å². The molecule has 0 aromatic rings. The molecule has 0 amide bonds. The van der Waals surface area contributed by atoms with Crippen LogP contribution < -0.4 is 0 Å². The van der Waals surface area contributed by atoms with Crippen molar-refractivity contribution < 1.29 is 14.6 Å². The summed E-state index contributed by atoms with van der Waals surface area (Å²) in [5.41, 5.74) is -0.339. The number of aliphatic hydroxyl groups excluding tert-OH is 1. The lowest BCUT2D eigenvalue weighted by Gasteiger charge is -2.30. The lowest BCUT2D eigenvalue weighted by molar-refractivity contribution is -0.160. The summed E-state index contributed by atoms with van der Waals surface area (Å²) in [4.78, 5) is 11.6. The Hall–Kier alpha value is -0.570. The first-order valence-corrected chi connectivity index (χ1v) is 7.90. The molecule has 114 valence electrons. The smallest absolute Gasteiger partial charge is 0.308 e. The second kappa shape index (κ2) is 11.3. The van der Waals surface area contributed by atoms with Gasteiger partial charge in [-0.3, -0.25) is 4.79 Å². The van der Waals surface area contributed by atoms with Crippen molar-refractivity contribution >= 4 is 5.97 Å². The maximum Gasteiger partial charge on any atom is 0.308 e. The molecule has 0 heterocycles. The number of unbranched alkanes of at least 4 members (excludes halogenated alkanes) is 5. The summed E-state index contributed by atoms with van der Waals surface area (Å²) in [7, 11) is 0. The van der Waals surface area contributed by atoms with Crippen molar-refractivity contribution in [2.75, 3.05) is 6.61 Å². The molecule has 1 N–H and O–H groups in total. The predicted molar refractivity (Wildman–Crippen MR) is 79.1 cm³/mol. The summed E-state index contributed by atoms with van der Waals surface area (Å²) >= 11 is 0. The van der Waals surface area contributed by atoms with E-state index in [4.69, 9.17) is 9.84 Å². The van der Waals surface area contributed by atoms with Gasteiger partial charge >= 0.3 is 5.97 Å². The summed E-state index contributed by atoms with van der Waals surface area (Å²) in [5.74, 6) is -0.269. The Morgan fingerprint density at radius 1 is 1.00 bits per heavy atom. The Morgan fingerprint density at radius 3 is 2.16 bits per heavy atom. The summed E-state index contributed by atoms with van der Waals surface area (Å²) in [5, 5.41) is 8.78. The van der Waals surface area contributed by atoms with Gasteiger partial charge in [0.25, 0.3) is 0 Å². The van der Waals surface area contributed by atoms with Crippen LogP contribution in [-0.4, -0.2) is 23.3 Å². The number of carbonyl (C=O) groups excluding carboxylic acids is 1. The molecule has 1 atom stereocenters. The molecule has 3 nitrogen and oxygen atoms in total. The van der Waals surface area contributed by atoms with Crippen LogP contribution in [0.3, 0.4) is 0 Å². The van der Waals surface area contributed by atoms with Gasteiger partial charge < -0.3 is 9.84 Å². The van der Waals surface area contributed by atoms with Crippen LogP contribution in [0.4, 0.5) is 0 Å². The lowest BCUT2D eigenvalue weighted by Crippen LogP contribution is -2.32. The Bertz CT molecular complexity index is 228. The number of esters is 1. The first-order valence-electron chi connectivity index (χ1n) is 7.90. The molecule has 0 spiro atoms. The first kappa shape index (κ1) is 18.4. The van der Waals surface area contributed by atoms with Gasteiger partial charge in [-0.05, 0) is 32.6 Å². The van der Waals surface area contributed by atoms with Crippen molar-refractivity contribution in [3.05, 3.63) is 0 Å². The van der Waals surface area contributed by atoms with E-state index in [1.807, 2.05) is 6.92 Å². The summed E-state index contributed by atoms with van der Waals surface area (Å²) in [6, 6.07) is 0. The molecule has 0 aliphatic heterocycles. The zero-order chi connectivity index (χ0) is 14.6. The standard InChI is InChI=1S/C16H32O3/c1-4-6-8-9-10-13-16(3,12-7-5-2)19-15(18)11-14-17/h17H,4-14H2,1-3H3. The van der Waals surface area contributed by atoms with E-state index in [1.54, 1.807) is 0 Å². The molecule has 3 heteroatoms. The molecule has 0 saturated heterocycles. The molecule has 0 aliphatic rings. The zero-order valence-corrected chi connectivity index (χ0v) is 13.0. The minimum Gasteiger partial charge on any atom is -0.459 e. The van der Waals surface area contributed by atoms with Crippen molar-refractivity contribution in [3.63, 3.8) is 0 Å². The van der Waals surface area contributed by atoms with Crippen LogP contribution in [-0.2, 0) is 9.53 Å². The van der Waals surface area contributed by atoms with Crippen molar-refractivity contribution in [2.24, 2.45) is 0 Å². The van der Waals surface area contributed by atoms with Gasteiger partial charge in [0, 0.05) is 0 Å². The third-order valence-electron chi connectivity index (χ3n) is 3.54. The average molecular weight is 272 g/mol. The highest BCUT2D eigenvalue weighted by Gasteiger charge is 2.27. The summed E-state index contributed by atoms with van der Waals surface area (Å²) in [6.07, 6.45) is 10.3. The van der Waals surface area contributed by atoms with Crippen LogP contribution in [0, 0.1) is 0 Å². The molecule has 0 aromatic carbocycles. The quantitative estimate of drug-likeness (QED) is 0.427. The van der Waals surface area contributed by atoms with Crippen LogP contribution in [0.2, 0.25) is 0 Å². The number of hydrogen-bond acceptors (Lipinski definition) is 3. The highest BCUT2D eigenvalue weighted by atomic mass is 16.6. The minimum atomic E-state index is -0.339. The van der Waals surface area contributed by atoms with Gasteiger partial charge in [-0.25, -0.2) is 0 Å². The van der Waals surface area contributed by atoms with Crippen molar-refractivity contribution in [1.29, 1.82) is 0 Å². The fourth-order valence-electron chi connectivity index (χ4n) is 2.30. The molecule has 0 radical (unpaired) electrons. The molecule has 19 heavy (non-hydrogen) atoms. The Morgan fingerprint density at radius 2 is 1.58 bits per heavy atom. The van der Waals surface area contributed by atoms with Crippen molar-refractivity contribution in [1.82, 2.24) is 0 Å². The van der Waals surface area contributed by atoms with Gasteiger partial charge in [-0.15, -0.1) is 0 Å². The zero-order valence-electron chi connectivity index (χ0n) is 13.0. The van der Waals surface area contributed by atoms with E-state index in [9.17, 15) is 4.79 Å². The van der Waals surface area contributed by atoms with E-state index < -0.39 is 0 Å². The van der Waals surface area contributed by atoms with Gasteiger partial charge in [0.05, 0.1) is 13.0 Å². The second-order valence-corrected chi connectivity index (χ2v) is 5.67. The molecule has 0 aromatic heterocycles. The lowest BCUT2D eigenvalue weighted by atomic mass is 9.92. The van der Waals surface area contributed by atoms with Gasteiger partial charge in [-0.1, -0.05) is 46.0 Å². The van der Waals surface area contributed by atoms with Crippen LogP contribution in [0.5, 0.6) is 0 Å². The molecule has 0 bridgehead atoms. The molecule has 0 rings (SSSR count). The van der Waals surface area contributed by atoms with Crippen molar-refractivity contribution in [3.8, 4) is 0 Å². The van der Waals surface area contributed by atoms with E-state index in [2.05, 4.69) is 13.8 Å². The normalized spacial score (nSPS) is 14.1. The topological polar surface area (TPSA) is 46.5 Å². The maximum absolute atomic E-state index is 11.6. The van der Waals surface area contributed by atoms with E-state index >= 15 is 0 Å². The predicted octanol–water partition coefficient (Wildman–Crippen LogP) is 4.22. The number of rotatable bonds is 12. The van der Waals surface area contributed by atoms with E-state index in [0.717, 1.165) is 32.1 Å². The van der Waals surface area contributed by atoms with Crippen LogP contribution in [0.15, 0.2) is 0 Å². The number of hydrogen-bond donors (Lipinski definition) is 1.